The van der Waals surface area contributed by atoms with Crippen LogP contribution in [0.1, 0.15) is 42.1 Å². The van der Waals surface area contributed by atoms with E-state index in [-0.39, 0.29) is 34.0 Å². The Labute approximate surface area is 335 Å². The van der Waals surface area contributed by atoms with Crippen molar-refractivity contribution in [1.82, 2.24) is 10.2 Å². The summed E-state index contributed by atoms with van der Waals surface area (Å²) >= 11 is 7.77. The Balaban J connectivity index is 1.26. The van der Waals surface area contributed by atoms with Gasteiger partial charge in [0.1, 0.15) is 12.2 Å². The van der Waals surface area contributed by atoms with Crippen LogP contribution in [-0.2, 0) is 21.0 Å². The van der Waals surface area contributed by atoms with Crippen LogP contribution in [0.5, 0.6) is 11.5 Å². The molecule has 0 unspecified atom stereocenters. The molecule has 1 aliphatic rings. The number of amidine groups is 1. The molecule has 0 aliphatic carbocycles. The van der Waals surface area contributed by atoms with Crippen molar-refractivity contribution in [3.8, 4) is 11.5 Å². The van der Waals surface area contributed by atoms with Gasteiger partial charge in [0.25, 0.3) is 11.8 Å². The van der Waals surface area contributed by atoms with Gasteiger partial charge in [-0.25, -0.2) is 0 Å². The fraction of sp³-hybridized carbons (Fsp3) is 0.130. The number of carbonyl (C=O) groups excluding carboxylic acids is 3. The third kappa shape index (κ3) is 9.55. The van der Waals surface area contributed by atoms with Crippen LogP contribution in [0.2, 0.25) is 5.02 Å². The number of allylic oxidation sites excluding steroid dienone is 4. The number of rotatable bonds is 14. The summed E-state index contributed by atoms with van der Waals surface area (Å²) in [5.41, 5.74) is 3.47. The van der Waals surface area contributed by atoms with E-state index in [0.29, 0.717) is 29.4 Å². The zero-order valence-corrected chi connectivity index (χ0v) is 32.6. The molecular weight excluding hydrogens is 742 g/mol. The molecule has 8 nitrogen and oxygen atoms in total. The summed E-state index contributed by atoms with van der Waals surface area (Å²) in [6.45, 7) is 7.92. The molecule has 1 aliphatic heterocycles. The van der Waals surface area contributed by atoms with Crippen molar-refractivity contribution in [3.05, 3.63) is 185 Å². The standard InChI is InChI=1S/C46H40ClN3O5S/c1-4-7-22-37(5-2)50-45(53)38(44(52)49-46(50)56-30-41(51)48-42(34-17-10-8-11-18-34)35-19-12-9-13-20-35)26-32-27-39(47)43(40(28-32)54-6-3)55-29-31-23-24-33-16-14-15-21-36(33)25-31/h4-5,7-28,42H,1,6,29-30H2,2-3H3,(H,48,51)/b22-7-,37-5+,38-26+. The van der Waals surface area contributed by atoms with Gasteiger partial charge in [-0.3, -0.25) is 19.3 Å². The Morgan fingerprint density at radius 1 is 0.911 bits per heavy atom. The number of benzene rings is 5. The summed E-state index contributed by atoms with van der Waals surface area (Å²) in [5, 5.41) is 5.63. The number of amides is 3. The molecule has 282 valence electrons. The summed E-state index contributed by atoms with van der Waals surface area (Å²) in [7, 11) is 0. The SMILES string of the molecule is C=C/C=C\C(=C/C)N1C(=O)/C(=C/c2cc(Cl)c(OCc3ccc4ccccc4c3)c(OCC)c2)C(=O)N=C1SCC(=O)NC(c1ccccc1)c1ccccc1. The predicted molar refractivity (Wildman–Crippen MR) is 227 cm³/mol. The molecule has 0 saturated carbocycles. The van der Waals surface area contributed by atoms with Crippen molar-refractivity contribution in [3.63, 3.8) is 0 Å². The van der Waals surface area contributed by atoms with Crippen LogP contribution in [-0.4, -0.2) is 40.1 Å². The van der Waals surface area contributed by atoms with E-state index >= 15 is 0 Å². The maximum absolute atomic E-state index is 14.3. The minimum atomic E-state index is -0.755. The van der Waals surface area contributed by atoms with E-state index in [1.807, 2.05) is 104 Å². The lowest BCUT2D eigenvalue weighted by atomic mass is 9.99. The average Bonchev–Trinajstić information content (AvgIpc) is 3.22. The second-order valence-corrected chi connectivity index (χ2v) is 13.9. The van der Waals surface area contributed by atoms with Crippen LogP contribution in [0.4, 0.5) is 0 Å². The molecule has 0 saturated heterocycles. The lowest BCUT2D eigenvalue weighted by molar-refractivity contribution is -0.126. The Bertz CT molecular complexity index is 2330. The highest BCUT2D eigenvalue weighted by Crippen LogP contribution is 2.38. The Hall–Kier alpha value is -6.16. The molecular formula is C46H40ClN3O5S. The molecule has 0 atom stereocenters. The number of nitrogens with one attached hydrogen (secondary N) is 1. The average molecular weight is 782 g/mol. The van der Waals surface area contributed by atoms with Gasteiger partial charge >= 0.3 is 0 Å². The minimum Gasteiger partial charge on any atom is -0.490 e. The van der Waals surface area contributed by atoms with Crippen molar-refractivity contribution < 1.29 is 23.9 Å². The molecule has 1 N–H and O–H groups in total. The lowest BCUT2D eigenvalue weighted by Gasteiger charge is -2.28. The van der Waals surface area contributed by atoms with Crippen LogP contribution in [0, 0.1) is 0 Å². The molecule has 0 spiro atoms. The molecule has 3 amide bonds. The third-order valence-electron chi connectivity index (χ3n) is 8.75. The van der Waals surface area contributed by atoms with Crippen molar-refractivity contribution in [2.75, 3.05) is 12.4 Å². The van der Waals surface area contributed by atoms with Gasteiger partial charge in [0.15, 0.2) is 16.7 Å². The van der Waals surface area contributed by atoms with Crippen LogP contribution < -0.4 is 14.8 Å². The van der Waals surface area contributed by atoms with Gasteiger partial charge in [-0.1, -0.05) is 145 Å². The second-order valence-electron chi connectivity index (χ2n) is 12.6. The number of ether oxygens (including phenoxy) is 2. The second kappa shape index (κ2) is 18.9. The summed E-state index contributed by atoms with van der Waals surface area (Å²) in [5.74, 6) is -1.09. The maximum Gasteiger partial charge on any atom is 0.285 e. The van der Waals surface area contributed by atoms with Crippen molar-refractivity contribution in [1.29, 1.82) is 0 Å². The summed E-state index contributed by atoms with van der Waals surface area (Å²) in [4.78, 5) is 47.1. The van der Waals surface area contributed by atoms with Crippen LogP contribution in [0.3, 0.4) is 0 Å². The molecule has 10 heteroatoms. The summed E-state index contributed by atoms with van der Waals surface area (Å²) in [6, 6.07) is 36.3. The molecule has 5 aromatic rings. The fourth-order valence-electron chi connectivity index (χ4n) is 6.12. The highest BCUT2D eigenvalue weighted by Gasteiger charge is 2.35. The minimum absolute atomic E-state index is 0.0653. The van der Waals surface area contributed by atoms with Gasteiger partial charge in [0.05, 0.1) is 23.4 Å². The smallest absolute Gasteiger partial charge is 0.285 e. The van der Waals surface area contributed by atoms with Gasteiger partial charge in [-0.05, 0) is 77.2 Å². The number of halogens is 1. The topological polar surface area (TPSA) is 97.3 Å². The van der Waals surface area contributed by atoms with Crippen molar-refractivity contribution in [2.45, 2.75) is 26.5 Å². The Morgan fingerprint density at radius 3 is 2.25 bits per heavy atom. The number of aliphatic imine (C=N–C) groups is 1. The summed E-state index contributed by atoms with van der Waals surface area (Å²) in [6.07, 6.45) is 8.08. The quantitative estimate of drug-likeness (QED) is 0.0685. The first-order valence-electron chi connectivity index (χ1n) is 18.0. The van der Waals surface area contributed by atoms with E-state index in [4.69, 9.17) is 21.1 Å². The monoisotopic (exact) mass is 781 g/mol. The normalized spacial score (nSPS) is 14.1. The molecule has 5 aromatic carbocycles. The van der Waals surface area contributed by atoms with Gasteiger partial charge in [-0.15, -0.1) is 0 Å². The Morgan fingerprint density at radius 2 is 1.59 bits per heavy atom. The molecule has 56 heavy (non-hydrogen) atoms. The summed E-state index contributed by atoms with van der Waals surface area (Å²) < 4.78 is 12.1. The Kier molecular flexibility index (Phi) is 13.4. The molecule has 6 rings (SSSR count). The number of fused-ring (bicyclic) bond motifs is 1. The number of nitrogens with zero attached hydrogens (tertiary/aromatic N) is 2. The number of carbonyl (C=O) groups is 3. The van der Waals surface area contributed by atoms with Crippen LogP contribution in [0.15, 0.2) is 162 Å². The zero-order valence-electron chi connectivity index (χ0n) is 31.0. The lowest BCUT2D eigenvalue weighted by Crippen LogP contribution is -2.42. The van der Waals surface area contributed by atoms with Gasteiger partial charge in [0, 0.05) is 5.70 Å². The highest BCUT2D eigenvalue weighted by molar-refractivity contribution is 8.14. The van der Waals surface area contributed by atoms with Crippen LogP contribution in [0.25, 0.3) is 16.8 Å². The number of hydrogen-bond donors (Lipinski definition) is 1. The fourth-order valence-corrected chi connectivity index (χ4v) is 7.20. The number of hydrogen-bond acceptors (Lipinski definition) is 6. The number of thioether (sulfide) groups is 1. The zero-order chi connectivity index (χ0) is 39.4. The van der Waals surface area contributed by atoms with Gasteiger partial charge in [-0.2, -0.15) is 4.99 Å². The van der Waals surface area contributed by atoms with E-state index in [9.17, 15) is 14.4 Å². The molecule has 0 fully saturated rings. The first-order valence-corrected chi connectivity index (χ1v) is 19.4. The van der Waals surface area contributed by atoms with E-state index in [1.54, 1.807) is 43.4 Å². The van der Waals surface area contributed by atoms with Crippen molar-refractivity contribution >= 4 is 63.1 Å². The van der Waals surface area contributed by atoms with Crippen molar-refractivity contribution in [2.24, 2.45) is 4.99 Å². The van der Waals surface area contributed by atoms with Gasteiger partial charge in [0.2, 0.25) is 5.91 Å². The van der Waals surface area contributed by atoms with E-state index < -0.39 is 17.9 Å². The molecule has 1 heterocycles. The van der Waals surface area contributed by atoms with E-state index in [1.165, 1.54) is 11.0 Å². The highest BCUT2D eigenvalue weighted by atomic mass is 35.5. The largest absolute Gasteiger partial charge is 0.490 e. The first kappa shape index (κ1) is 39.5. The first-order chi connectivity index (χ1) is 27.3. The maximum atomic E-state index is 14.3. The van der Waals surface area contributed by atoms with Gasteiger partial charge < -0.3 is 14.8 Å². The van der Waals surface area contributed by atoms with E-state index in [2.05, 4.69) is 23.0 Å². The molecule has 0 aromatic heterocycles. The van der Waals surface area contributed by atoms with Crippen LogP contribution >= 0.6 is 23.4 Å². The predicted octanol–water partition coefficient (Wildman–Crippen LogP) is 9.86. The molecule has 0 bridgehead atoms. The van der Waals surface area contributed by atoms with E-state index in [0.717, 1.165) is 39.2 Å². The molecule has 0 radical (unpaired) electrons. The third-order valence-corrected chi connectivity index (χ3v) is 9.97.